The topological polar surface area (TPSA) is 140 Å². The molecule has 0 aliphatic heterocycles. The minimum Gasteiger partial charge on any atom is -0.443 e. The van der Waals surface area contributed by atoms with E-state index in [1.165, 1.54) is 0 Å². The van der Waals surface area contributed by atoms with Crippen molar-refractivity contribution in [1.29, 1.82) is 0 Å². The van der Waals surface area contributed by atoms with Crippen molar-refractivity contribution in [2.45, 2.75) is 45.1 Å². The highest BCUT2D eigenvalue weighted by molar-refractivity contribution is 5.85. The molecule has 3 rings (SSSR count). The summed E-state index contributed by atoms with van der Waals surface area (Å²) in [5.74, 6) is 0.185. The third-order valence-corrected chi connectivity index (χ3v) is 5.21. The molecule has 0 bridgehead atoms. The van der Waals surface area contributed by atoms with Crippen molar-refractivity contribution in [2.24, 2.45) is 5.73 Å². The van der Waals surface area contributed by atoms with Crippen molar-refractivity contribution in [3.63, 3.8) is 0 Å². The van der Waals surface area contributed by atoms with Crippen LogP contribution in [0.25, 0.3) is 5.52 Å². The molecule has 1 unspecified atom stereocenters. The zero-order chi connectivity index (χ0) is 25.3. The van der Waals surface area contributed by atoms with Crippen LogP contribution in [0.3, 0.4) is 0 Å². The predicted octanol–water partition coefficient (Wildman–Crippen LogP) is 2.05. The van der Waals surface area contributed by atoms with Gasteiger partial charge in [0.1, 0.15) is 18.5 Å². The number of carbonyl (C=O) groups is 2. The predicted molar refractivity (Wildman–Crippen MR) is 130 cm³/mol. The summed E-state index contributed by atoms with van der Waals surface area (Å²) in [7, 11) is 0. The highest BCUT2D eigenvalue weighted by atomic mass is 16.5. The molecule has 5 N–H and O–H groups in total. The van der Waals surface area contributed by atoms with E-state index >= 15 is 0 Å². The summed E-state index contributed by atoms with van der Waals surface area (Å²) in [6.07, 6.45) is 1.54. The molecule has 0 aliphatic rings. The maximum absolute atomic E-state index is 12.7. The van der Waals surface area contributed by atoms with Crippen molar-refractivity contribution in [2.75, 3.05) is 19.8 Å². The molecule has 2 heterocycles. The van der Waals surface area contributed by atoms with Gasteiger partial charge in [0.2, 0.25) is 5.91 Å². The molecule has 10 nitrogen and oxygen atoms in total. The third kappa shape index (κ3) is 7.51. The Morgan fingerprint density at radius 1 is 1.14 bits per heavy atom. The molecule has 188 valence electrons. The average Bonchev–Trinajstić information content (AvgIpc) is 3.27. The molecule has 2 amide bonds. The van der Waals surface area contributed by atoms with Gasteiger partial charge >= 0.3 is 6.09 Å². The summed E-state index contributed by atoms with van der Waals surface area (Å²) in [6, 6.07) is 14.6. The standard InChI is InChI=1S/C25H33N5O5/c1-25(2,26)23(32)29-21(17-34-15-18-8-4-3-5-9-18)22-28-14-19-10-6-11-20(30(19)22)16-35-24(33)27-12-7-13-31/h3-6,8-11,14,21,31H,7,12-13,15-17,26H2,1-2H3,(H,27,33)(H,29,32). The van der Waals surface area contributed by atoms with E-state index in [0.717, 1.165) is 11.1 Å². The monoisotopic (exact) mass is 483 g/mol. The van der Waals surface area contributed by atoms with Gasteiger partial charge in [-0.05, 0) is 38.0 Å². The van der Waals surface area contributed by atoms with Crippen LogP contribution in [0, 0.1) is 0 Å². The smallest absolute Gasteiger partial charge is 0.407 e. The number of alkyl carbamates (subject to hydrolysis) is 1. The summed E-state index contributed by atoms with van der Waals surface area (Å²) in [4.78, 5) is 29.3. The van der Waals surface area contributed by atoms with Crippen LogP contribution in [0.4, 0.5) is 4.79 Å². The number of benzene rings is 1. The van der Waals surface area contributed by atoms with Gasteiger partial charge in [-0.1, -0.05) is 36.4 Å². The average molecular weight is 484 g/mol. The van der Waals surface area contributed by atoms with E-state index in [2.05, 4.69) is 15.6 Å². The summed E-state index contributed by atoms with van der Waals surface area (Å²) in [5, 5.41) is 14.4. The highest BCUT2D eigenvalue weighted by Gasteiger charge is 2.28. The summed E-state index contributed by atoms with van der Waals surface area (Å²) < 4.78 is 13.1. The maximum atomic E-state index is 12.7. The summed E-state index contributed by atoms with van der Waals surface area (Å²) >= 11 is 0. The number of nitrogens with one attached hydrogen (secondary N) is 2. The lowest BCUT2D eigenvalue weighted by Gasteiger charge is -2.24. The number of hydrogen-bond donors (Lipinski definition) is 4. The van der Waals surface area contributed by atoms with E-state index in [1.807, 2.05) is 52.9 Å². The van der Waals surface area contributed by atoms with Crippen molar-refractivity contribution in [3.8, 4) is 0 Å². The van der Waals surface area contributed by atoms with Gasteiger partial charge in [-0.25, -0.2) is 9.78 Å². The number of amides is 2. The fourth-order valence-electron chi connectivity index (χ4n) is 3.36. The fraction of sp³-hybridized carbons (Fsp3) is 0.400. The second-order valence-electron chi connectivity index (χ2n) is 8.72. The van der Waals surface area contributed by atoms with Gasteiger partial charge in [-0.2, -0.15) is 0 Å². The largest absolute Gasteiger partial charge is 0.443 e. The number of ether oxygens (including phenoxy) is 2. The number of pyridine rings is 1. The van der Waals surface area contributed by atoms with Gasteiger partial charge in [0.25, 0.3) is 0 Å². The fourth-order valence-corrected chi connectivity index (χ4v) is 3.36. The molecule has 0 saturated heterocycles. The maximum Gasteiger partial charge on any atom is 0.407 e. The molecule has 0 saturated carbocycles. The molecular formula is C25H33N5O5. The van der Waals surface area contributed by atoms with E-state index in [9.17, 15) is 9.59 Å². The van der Waals surface area contributed by atoms with E-state index in [1.54, 1.807) is 20.0 Å². The quantitative estimate of drug-likeness (QED) is 0.289. The Morgan fingerprint density at radius 3 is 2.63 bits per heavy atom. The van der Waals surface area contributed by atoms with Crippen LogP contribution in [0.2, 0.25) is 0 Å². The second-order valence-corrected chi connectivity index (χ2v) is 8.72. The number of imidazole rings is 1. The van der Waals surface area contributed by atoms with E-state index in [-0.39, 0.29) is 25.7 Å². The van der Waals surface area contributed by atoms with E-state index in [4.69, 9.17) is 20.3 Å². The van der Waals surface area contributed by atoms with Crippen LogP contribution in [0.5, 0.6) is 0 Å². The molecule has 0 fully saturated rings. The molecular weight excluding hydrogens is 450 g/mol. The first-order valence-corrected chi connectivity index (χ1v) is 11.5. The normalized spacial score (nSPS) is 12.3. The van der Waals surface area contributed by atoms with Gasteiger partial charge in [-0.3, -0.25) is 9.20 Å². The number of nitrogens with two attached hydrogens (primary N) is 1. The zero-order valence-corrected chi connectivity index (χ0v) is 20.1. The number of hydrogen-bond acceptors (Lipinski definition) is 7. The van der Waals surface area contributed by atoms with Gasteiger partial charge in [-0.15, -0.1) is 0 Å². The van der Waals surface area contributed by atoms with Gasteiger partial charge in [0.15, 0.2) is 0 Å². The van der Waals surface area contributed by atoms with E-state index in [0.29, 0.717) is 31.1 Å². The molecule has 1 aromatic carbocycles. The van der Waals surface area contributed by atoms with Crippen LogP contribution < -0.4 is 16.4 Å². The zero-order valence-electron chi connectivity index (χ0n) is 20.1. The summed E-state index contributed by atoms with van der Waals surface area (Å²) in [6.45, 7) is 4.07. The lowest BCUT2D eigenvalue weighted by atomic mass is 10.1. The Morgan fingerprint density at radius 2 is 1.91 bits per heavy atom. The first kappa shape index (κ1) is 26.1. The number of fused-ring (bicyclic) bond motifs is 1. The third-order valence-electron chi connectivity index (χ3n) is 5.21. The lowest BCUT2D eigenvalue weighted by molar-refractivity contribution is -0.126. The SMILES string of the molecule is CC(C)(N)C(=O)NC(COCc1ccccc1)c1ncc2cccc(COC(=O)NCCCO)n12. The number of aliphatic hydroxyl groups excluding tert-OH is 1. The molecule has 2 aromatic heterocycles. The minimum atomic E-state index is -1.09. The van der Waals surface area contributed by atoms with E-state index < -0.39 is 17.7 Å². The van der Waals surface area contributed by atoms with Crippen molar-refractivity contribution >= 4 is 17.5 Å². The Kier molecular flexibility index (Phi) is 9.18. The molecule has 3 aromatic rings. The van der Waals surface area contributed by atoms with Gasteiger partial charge < -0.3 is 30.9 Å². The first-order valence-electron chi connectivity index (χ1n) is 11.5. The number of nitrogens with zero attached hydrogens (tertiary/aromatic N) is 2. The van der Waals surface area contributed by atoms with Gasteiger partial charge in [0, 0.05) is 13.2 Å². The molecule has 35 heavy (non-hydrogen) atoms. The van der Waals surface area contributed by atoms with Crippen LogP contribution in [0.1, 0.15) is 43.4 Å². The Bertz CT molecular complexity index is 1110. The second kappa shape index (κ2) is 12.3. The molecule has 0 spiro atoms. The van der Waals surface area contributed by atoms with Gasteiger partial charge in [0.05, 0.1) is 36.2 Å². The van der Waals surface area contributed by atoms with Crippen LogP contribution in [-0.4, -0.2) is 51.8 Å². The molecule has 1 atom stereocenters. The molecule has 0 aliphatic carbocycles. The number of aromatic nitrogens is 2. The Balaban J connectivity index is 1.81. The Labute approximate surface area is 204 Å². The van der Waals surface area contributed by atoms with Crippen LogP contribution in [0.15, 0.2) is 54.7 Å². The highest BCUT2D eigenvalue weighted by Crippen LogP contribution is 2.20. The van der Waals surface area contributed by atoms with Crippen molar-refractivity contribution in [1.82, 2.24) is 20.0 Å². The molecule has 10 heteroatoms. The number of aliphatic hydroxyl groups is 1. The minimum absolute atomic E-state index is 0.0143. The Hall–Kier alpha value is -3.47. The number of rotatable bonds is 12. The lowest BCUT2D eigenvalue weighted by Crippen LogP contribution is -2.51. The van der Waals surface area contributed by atoms with Crippen molar-refractivity contribution < 1.29 is 24.2 Å². The number of carbonyl (C=O) groups excluding carboxylic acids is 2. The van der Waals surface area contributed by atoms with Crippen molar-refractivity contribution in [3.05, 3.63) is 71.8 Å². The molecule has 0 radical (unpaired) electrons. The van der Waals surface area contributed by atoms with Crippen LogP contribution >= 0.6 is 0 Å². The first-order chi connectivity index (χ1) is 16.8. The summed E-state index contributed by atoms with van der Waals surface area (Å²) in [5.41, 5.74) is 7.37. The van der Waals surface area contributed by atoms with Crippen LogP contribution in [-0.2, 0) is 27.5 Å².